The predicted molar refractivity (Wildman–Crippen MR) is 145 cm³/mol. The summed E-state index contributed by atoms with van der Waals surface area (Å²) in [7, 11) is 0. The number of hydrogen-bond donors (Lipinski definition) is 3. The first-order chi connectivity index (χ1) is 16.6. The standard InChI is InChI=1S/C30H50N4/c1-30(31)19-10-5-3-2-4-7-13-25(22-30)24-12-8-6-9-14-27(17-16-24)32-21-18-26-23-34-28-15-11-20-33-29(26)28/h11,15,20,23-25,27,32,34H,2-10,12-14,16-19,21-22,31H2,1H3. The molecule has 0 amide bonds. The Morgan fingerprint density at radius 1 is 0.941 bits per heavy atom. The van der Waals surface area contributed by atoms with Crippen LogP contribution in [-0.2, 0) is 6.42 Å². The van der Waals surface area contributed by atoms with E-state index in [0.29, 0.717) is 6.04 Å². The molecular weight excluding hydrogens is 416 g/mol. The number of hydrogen-bond acceptors (Lipinski definition) is 3. The van der Waals surface area contributed by atoms with E-state index in [1.165, 1.54) is 108 Å². The van der Waals surface area contributed by atoms with E-state index in [-0.39, 0.29) is 5.54 Å². The van der Waals surface area contributed by atoms with Crippen molar-refractivity contribution in [3.05, 3.63) is 30.1 Å². The van der Waals surface area contributed by atoms with Crippen molar-refractivity contribution in [1.29, 1.82) is 0 Å². The zero-order chi connectivity index (χ0) is 23.6. The lowest BCUT2D eigenvalue weighted by atomic mass is 9.74. The average molecular weight is 467 g/mol. The number of H-pyrrole nitrogens is 1. The second kappa shape index (κ2) is 13.1. The quantitative estimate of drug-likeness (QED) is 0.433. The second-order valence-corrected chi connectivity index (χ2v) is 11.9. The highest BCUT2D eigenvalue weighted by Crippen LogP contribution is 2.37. The van der Waals surface area contributed by atoms with Crippen molar-refractivity contribution in [1.82, 2.24) is 15.3 Å². The summed E-state index contributed by atoms with van der Waals surface area (Å²) in [5, 5.41) is 3.94. The molecule has 0 spiro atoms. The predicted octanol–water partition coefficient (Wildman–Crippen LogP) is 7.28. The van der Waals surface area contributed by atoms with E-state index in [1.807, 2.05) is 12.3 Å². The lowest BCUT2D eigenvalue weighted by Gasteiger charge is -2.35. The van der Waals surface area contributed by atoms with Gasteiger partial charge in [0, 0.05) is 24.0 Å². The molecular formula is C30H50N4. The Balaban J connectivity index is 1.32. The summed E-state index contributed by atoms with van der Waals surface area (Å²) < 4.78 is 0. The zero-order valence-corrected chi connectivity index (χ0v) is 21.8. The molecule has 4 nitrogen and oxygen atoms in total. The minimum absolute atomic E-state index is 0.0262. The fourth-order valence-electron chi connectivity index (χ4n) is 6.81. The summed E-state index contributed by atoms with van der Waals surface area (Å²) in [5.41, 5.74) is 10.5. The third-order valence-corrected chi connectivity index (χ3v) is 8.82. The summed E-state index contributed by atoms with van der Waals surface area (Å²) in [4.78, 5) is 7.96. The van der Waals surface area contributed by atoms with Crippen molar-refractivity contribution in [2.24, 2.45) is 17.6 Å². The molecule has 0 radical (unpaired) electrons. The van der Waals surface area contributed by atoms with Gasteiger partial charge in [0.25, 0.3) is 0 Å². The van der Waals surface area contributed by atoms with E-state index >= 15 is 0 Å². The maximum Gasteiger partial charge on any atom is 0.0911 e. The molecule has 0 saturated heterocycles. The van der Waals surface area contributed by atoms with E-state index in [0.717, 1.165) is 35.8 Å². The Bertz CT molecular complexity index is 841. The number of aromatic amines is 1. The monoisotopic (exact) mass is 466 g/mol. The fraction of sp³-hybridized carbons (Fsp3) is 0.767. The molecule has 34 heavy (non-hydrogen) atoms. The third kappa shape index (κ3) is 7.81. The molecule has 0 aliphatic heterocycles. The van der Waals surface area contributed by atoms with Gasteiger partial charge >= 0.3 is 0 Å². The number of rotatable bonds is 5. The van der Waals surface area contributed by atoms with Crippen LogP contribution in [0.5, 0.6) is 0 Å². The van der Waals surface area contributed by atoms with Gasteiger partial charge in [0.15, 0.2) is 0 Å². The van der Waals surface area contributed by atoms with E-state index in [9.17, 15) is 0 Å². The van der Waals surface area contributed by atoms with E-state index < -0.39 is 0 Å². The minimum Gasteiger partial charge on any atom is -0.360 e. The molecule has 4 atom stereocenters. The lowest BCUT2D eigenvalue weighted by molar-refractivity contribution is 0.197. The Morgan fingerprint density at radius 3 is 2.56 bits per heavy atom. The lowest BCUT2D eigenvalue weighted by Crippen LogP contribution is -2.40. The molecule has 0 aromatic carbocycles. The van der Waals surface area contributed by atoms with Gasteiger partial charge < -0.3 is 16.0 Å². The van der Waals surface area contributed by atoms with E-state index in [4.69, 9.17) is 5.73 Å². The van der Waals surface area contributed by atoms with Crippen molar-refractivity contribution in [3.8, 4) is 0 Å². The number of aromatic nitrogens is 2. The van der Waals surface area contributed by atoms with Gasteiger partial charge in [-0.25, -0.2) is 0 Å². The summed E-state index contributed by atoms with van der Waals surface area (Å²) in [6.45, 7) is 3.39. The zero-order valence-electron chi connectivity index (χ0n) is 21.8. The maximum atomic E-state index is 6.88. The highest BCUT2D eigenvalue weighted by Gasteiger charge is 2.30. The Kier molecular flexibility index (Phi) is 9.87. The highest BCUT2D eigenvalue weighted by atomic mass is 14.9. The van der Waals surface area contributed by atoms with Gasteiger partial charge in [-0.3, -0.25) is 4.98 Å². The molecule has 2 saturated carbocycles. The van der Waals surface area contributed by atoms with Crippen LogP contribution in [0.25, 0.3) is 11.0 Å². The van der Waals surface area contributed by atoms with E-state index in [1.54, 1.807) is 0 Å². The molecule has 0 bridgehead atoms. The van der Waals surface area contributed by atoms with Gasteiger partial charge in [-0.2, -0.15) is 0 Å². The van der Waals surface area contributed by atoms with Crippen LogP contribution in [0.2, 0.25) is 0 Å². The molecule has 4 rings (SSSR count). The molecule has 2 fully saturated rings. The number of pyridine rings is 1. The number of fused-ring (bicyclic) bond motifs is 1. The summed E-state index contributed by atoms with van der Waals surface area (Å²) in [6, 6.07) is 4.78. The van der Waals surface area contributed by atoms with Crippen LogP contribution in [0.15, 0.2) is 24.5 Å². The van der Waals surface area contributed by atoms with Crippen LogP contribution < -0.4 is 11.1 Å². The number of nitrogens with two attached hydrogens (primary N) is 1. The van der Waals surface area contributed by atoms with Crippen LogP contribution in [-0.4, -0.2) is 28.1 Å². The number of nitrogens with one attached hydrogen (secondary N) is 2. The Labute approximate surface area is 208 Å². The summed E-state index contributed by atoms with van der Waals surface area (Å²) in [5.74, 6) is 1.69. The highest BCUT2D eigenvalue weighted by molar-refractivity contribution is 5.78. The molecule has 2 aliphatic carbocycles. The van der Waals surface area contributed by atoms with Crippen molar-refractivity contribution >= 4 is 11.0 Å². The van der Waals surface area contributed by atoms with Gasteiger partial charge in [0.1, 0.15) is 0 Å². The molecule has 4 N–H and O–H groups in total. The molecule has 4 unspecified atom stereocenters. The maximum absolute atomic E-state index is 6.88. The smallest absolute Gasteiger partial charge is 0.0911 e. The van der Waals surface area contributed by atoms with Gasteiger partial charge in [-0.1, -0.05) is 70.6 Å². The van der Waals surface area contributed by atoms with Crippen molar-refractivity contribution in [3.63, 3.8) is 0 Å². The van der Waals surface area contributed by atoms with Gasteiger partial charge in [0.2, 0.25) is 0 Å². The first kappa shape index (κ1) is 25.7. The van der Waals surface area contributed by atoms with Crippen molar-refractivity contribution in [2.45, 2.75) is 128 Å². The van der Waals surface area contributed by atoms with Crippen molar-refractivity contribution < 1.29 is 0 Å². The fourth-order valence-corrected chi connectivity index (χ4v) is 6.81. The third-order valence-electron chi connectivity index (χ3n) is 8.82. The van der Waals surface area contributed by atoms with Crippen LogP contribution in [0.4, 0.5) is 0 Å². The van der Waals surface area contributed by atoms with Crippen molar-refractivity contribution in [2.75, 3.05) is 6.54 Å². The Morgan fingerprint density at radius 2 is 1.68 bits per heavy atom. The SMILES string of the molecule is CC1(N)CCCCCCCCC(C2CCCCCC(NCCc3c[nH]c4cccnc34)CC2)C1. The number of nitrogens with zero attached hydrogens (tertiary/aromatic N) is 1. The second-order valence-electron chi connectivity index (χ2n) is 11.9. The molecule has 190 valence electrons. The minimum atomic E-state index is 0.0262. The molecule has 2 heterocycles. The first-order valence-corrected chi connectivity index (χ1v) is 14.5. The summed E-state index contributed by atoms with van der Waals surface area (Å²) in [6.07, 6.45) is 27.0. The molecule has 2 aromatic rings. The summed E-state index contributed by atoms with van der Waals surface area (Å²) >= 11 is 0. The normalized spacial score (nSPS) is 30.7. The largest absolute Gasteiger partial charge is 0.360 e. The van der Waals surface area contributed by atoms with Crippen LogP contribution in [0.3, 0.4) is 0 Å². The van der Waals surface area contributed by atoms with Crippen LogP contribution in [0, 0.1) is 11.8 Å². The Hall–Kier alpha value is -1.39. The van der Waals surface area contributed by atoms with Gasteiger partial charge in [-0.15, -0.1) is 0 Å². The molecule has 2 aromatic heterocycles. The topological polar surface area (TPSA) is 66.7 Å². The van der Waals surface area contributed by atoms with E-state index in [2.05, 4.69) is 34.5 Å². The van der Waals surface area contributed by atoms with Crippen LogP contribution >= 0.6 is 0 Å². The van der Waals surface area contributed by atoms with Crippen LogP contribution in [0.1, 0.15) is 115 Å². The molecule has 4 heteroatoms. The average Bonchev–Trinajstić information content (AvgIpc) is 3.26. The van der Waals surface area contributed by atoms with Gasteiger partial charge in [-0.05, 0) is 81.5 Å². The van der Waals surface area contributed by atoms with Gasteiger partial charge in [0.05, 0.1) is 11.0 Å². The first-order valence-electron chi connectivity index (χ1n) is 14.5. The molecule has 2 aliphatic rings.